The molecular formula is C15H17BN4O5. The van der Waals surface area contributed by atoms with E-state index < -0.39 is 11.9 Å². The number of aromatic nitrogens is 4. The number of hydrogen-bond acceptors (Lipinski definition) is 7. The topological polar surface area (TPSA) is 105 Å². The summed E-state index contributed by atoms with van der Waals surface area (Å²) in [6.07, 6.45) is 2.93. The molecule has 2 aromatic rings. The van der Waals surface area contributed by atoms with Gasteiger partial charge in [0, 0.05) is 13.2 Å². The molecule has 9 nitrogen and oxygen atoms in total. The number of ether oxygens (including phenoxy) is 2. The molecule has 10 heteroatoms. The molecule has 0 bridgehead atoms. The summed E-state index contributed by atoms with van der Waals surface area (Å²) in [4.78, 5) is 36.5. The Bertz CT molecular complexity index is 811. The molecule has 2 rings (SSSR count). The highest BCUT2D eigenvalue weighted by molar-refractivity contribution is 6.39. The molecule has 130 valence electrons. The number of nitrogens with zero attached hydrogens (tertiary/aromatic N) is 4. The molecule has 0 aliphatic carbocycles. The van der Waals surface area contributed by atoms with E-state index in [2.05, 4.69) is 10.2 Å². The lowest BCUT2D eigenvalue weighted by atomic mass is 9.93. The average Bonchev–Trinajstić information content (AvgIpc) is 3.12. The van der Waals surface area contributed by atoms with E-state index in [0.29, 0.717) is 5.56 Å². The predicted molar refractivity (Wildman–Crippen MR) is 87.1 cm³/mol. The largest absolute Gasteiger partial charge is 0.461 e. The van der Waals surface area contributed by atoms with Gasteiger partial charge >= 0.3 is 11.9 Å². The van der Waals surface area contributed by atoms with Crippen molar-refractivity contribution in [2.45, 2.75) is 20.4 Å². The van der Waals surface area contributed by atoms with E-state index in [9.17, 15) is 14.4 Å². The highest BCUT2D eigenvalue weighted by Crippen LogP contribution is 2.08. The Hall–Kier alpha value is -2.91. The van der Waals surface area contributed by atoms with Gasteiger partial charge in [0.2, 0.25) is 0 Å². The minimum Gasteiger partial charge on any atom is -0.461 e. The molecule has 2 radical (unpaired) electrons. The highest BCUT2D eigenvalue weighted by atomic mass is 16.5. The van der Waals surface area contributed by atoms with E-state index in [-0.39, 0.29) is 42.4 Å². The van der Waals surface area contributed by atoms with Gasteiger partial charge < -0.3 is 9.47 Å². The van der Waals surface area contributed by atoms with Gasteiger partial charge in [0.25, 0.3) is 0 Å². The van der Waals surface area contributed by atoms with Crippen molar-refractivity contribution in [2.24, 2.45) is 7.05 Å². The first-order valence-electron chi connectivity index (χ1n) is 7.61. The number of Topliss-reactive ketones (excluding diaryl/α,β-unsaturated/α-hetero) is 1. The molecule has 0 aromatic carbocycles. The lowest BCUT2D eigenvalue weighted by Crippen LogP contribution is -2.25. The van der Waals surface area contributed by atoms with E-state index in [1.165, 1.54) is 17.1 Å². The van der Waals surface area contributed by atoms with Gasteiger partial charge in [0.05, 0.1) is 25.0 Å². The minimum absolute atomic E-state index is 0.106. The van der Waals surface area contributed by atoms with Crippen LogP contribution in [0, 0.1) is 0 Å². The molecule has 0 N–H and O–H groups in total. The van der Waals surface area contributed by atoms with Gasteiger partial charge in [0.15, 0.2) is 11.5 Å². The lowest BCUT2D eigenvalue weighted by Gasteiger charge is -2.06. The fourth-order valence-corrected chi connectivity index (χ4v) is 2.15. The summed E-state index contributed by atoms with van der Waals surface area (Å²) in [7, 11) is 7.54. The summed E-state index contributed by atoms with van der Waals surface area (Å²) in [6.45, 7) is 3.18. The van der Waals surface area contributed by atoms with Crippen molar-refractivity contribution in [3.05, 3.63) is 29.3 Å². The SMILES string of the molecule is [B]c1c(C(=O)OCC)nn(CC(=O)c2cnn(C)c2)c1C(=O)OCC. The molecule has 0 saturated carbocycles. The number of carbonyl (C=O) groups excluding carboxylic acids is 3. The zero-order valence-corrected chi connectivity index (χ0v) is 14.2. The third-order valence-electron chi connectivity index (χ3n) is 3.25. The maximum Gasteiger partial charge on any atom is 0.358 e. The third-order valence-corrected chi connectivity index (χ3v) is 3.25. The van der Waals surface area contributed by atoms with Gasteiger partial charge in [0.1, 0.15) is 20.1 Å². The molecule has 0 fully saturated rings. The third kappa shape index (κ3) is 3.96. The Kier molecular flexibility index (Phi) is 5.73. The fourth-order valence-electron chi connectivity index (χ4n) is 2.15. The van der Waals surface area contributed by atoms with E-state index in [1.807, 2.05) is 0 Å². The van der Waals surface area contributed by atoms with Crippen LogP contribution in [-0.4, -0.2) is 58.3 Å². The molecule has 0 unspecified atom stereocenters. The van der Waals surface area contributed by atoms with Crippen molar-refractivity contribution in [3.63, 3.8) is 0 Å². The Balaban J connectivity index is 2.40. The second-order valence-electron chi connectivity index (χ2n) is 5.04. The second-order valence-corrected chi connectivity index (χ2v) is 5.04. The number of carbonyl (C=O) groups is 3. The second kappa shape index (κ2) is 7.78. The molecule has 2 aromatic heterocycles. The van der Waals surface area contributed by atoms with Crippen LogP contribution in [0.1, 0.15) is 45.2 Å². The van der Waals surface area contributed by atoms with Crippen LogP contribution >= 0.6 is 0 Å². The normalized spacial score (nSPS) is 10.5. The van der Waals surface area contributed by atoms with Crippen LogP contribution in [0.15, 0.2) is 12.4 Å². The van der Waals surface area contributed by atoms with Crippen molar-refractivity contribution >= 4 is 31.0 Å². The van der Waals surface area contributed by atoms with Crippen LogP contribution in [-0.2, 0) is 23.1 Å². The highest BCUT2D eigenvalue weighted by Gasteiger charge is 2.27. The van der Waals surface area contributed by atoms with Crippen molar-refractivity contribution in [2.75, 3.05) is 13.2 Å². The maximum atomic E-state index is 12.4. The smallest absolute Gasteiger partial charge is 0.358 e. The first kappa shape index (κ1) is 18.4. The first-order chi connectivity index (χ1) is 11.9. The van der Waals surface area contributed by atoms with E-state index in [1.54, 1.807) is 20.9 Å². The molecule has 0 amide bonds. The quantitative estimate of drug-likeness (QED) is 0.384. The fraction of sp³-hybridized carbons (Fsp3) is 0.400. The summed E-state index contributed by atoms with van der Waals surface area (Å²) >= 11 is 0. The van der Waals surface area contributed by atoms with E-state index in [0.717, 1.165) is 4.68 Å². The number of rotatable bonds is 7. The zero-order valence-electron chi connectivity index (χ0n) is 14.2. The number of ketones is 1. The van der Waals surface area contributed by atoms with Crippen molar-refractivity contribution in [3.8, 4) is 0 Å². The van der Waals surface area contributed by atoms with Crippen LogP contribution in [0.25, 0.3) is 0 Å². The van der Waals surface area contributed by atoms with Crippen LogP contribution in [0.4, 0.5) is 0 Å². The van der Waals surface area contributed by atoms with Crippen LogP contribution in [0.3, 0.4) is 0 Å². The maximum absolute atomic E-state index is 12.4. The monoisotopic (exact) mass is 344 g/mol. The minimum atomic E-state index is -0.780. The summed E-state index contributed by atoms with van der Waals surface area (Å²) in [6, 6.07) is 0. The Morgan fingerprint density at radius 3 is 2.36 bits per heavy atom. The molecule has 0 aliphatic rings. The number of esters is 2. The van der Waals surface area contributed by atoms with Crippen molar-refractivity contribution < 1.29 is 23.9 Å². The molecule has 25 heavy (non-hydrogen) atoms. The summed E-state index contributed by atoms with van der Waals surface area (Å²) < 4.78 is 12.3. The summed E-state index contributed by atoms with van der Waals surface area (Å²) in [5, 5.41) is 7.89. The Labute approximate surface area is 145 Å². The van der Waals surface area contributed by atoms with Gasteiger partial charge in [-0.15, -0.1) is 0 Å². The number of aryl methyl sites for hydroxylation is 1. The number of hydrogen-bond donors (Lipinski definition) is 0. The van der Waals surface area contributed by atoms with Crippen LogP contribution in [0.2, 0.25) is 0 Å². The van der Waals surface area contributed by atoms with Gasteiger partial charge in [-0.3, -0.25) is 14.2 Å². The van der Waals surface area contributed by atoms with Gasteiger partial charge in [-0.25, -0.2) is 9.59 Å². The van der Waals surface area contributed by atoms with E-state index >= 15 is 0 Å². The summed E-state index contributed by atoms with van der Waals surface area (Å²) in [5.74, 6) is -1.91. The van der Waals surface area contributed by atoms with Crippen molar-refractivity contribution in [1.82, 2.24) is 19.6 Å². The van der Waals surface area contributed by atoms with Gasteiger partial charge in [-0.1, -0.05) is 0 Å². The molecule has 0 saturated heterocycles. The first-order valence-corrected chi connectivity index (χ1v) is 7.61. The molecule has 0 atom stereocenters. The van der Waals surface area contributed by atoms with Crippen LogP contribution in [0.5, 0.6) is 0 Å². The van der Waals surface area contributed by atoms with Gasteiger partial charge in [-0.05, 0) is 19.3 Å². The van der Waals surface area contributed by atoms with Crippen molar-refractivity contribution in [1.29, 1.82) is 0 Å². The summed E-state index contributed by atoms with van der Waals surface area (Å²) in [5.41, 5.74) is -0.244. The Morgan fingerprint density at radius 2 is 1.80 bits per heavy atom. The zero-order chi connectivity index (χ0) is 18.6. The molecule has 0 spiro atoms. The molecular weight excluding hydrogens is 327 g/mol. The predicted octanol–water partition coefficient (Wildman–Crippen LogP) is -0.353. The standard InChI is InChI=1S/C15H17BN4O5/c1-4-24-14(22)12-11(16)13(15(23)25-5-2)20(18-12)8-10(21)9-6-17-19(3)7-9/h6-7H,4-5,8H2,1-3H3. The van der Waals surface area contributed by atoms with E-state index in [4.69, 9.17) is 17.3 Å². The Morgan fingerprint density at radius 1 is 1.16 bits per heavy atom. The van der Waals surface area contributed by atoms with Crippen LogP contribution < -0.4 is 5.46 Å². The molecule has 2 heterocycles. The van der Waals surface area contributed by atoms with Gasteiger partial charge in [-0.2, -0.15) is 10.2 Å². The average molecular weight is 344 g/mol. The lowest BCUT2D eigenvalue weighted by molar-refractivity contribution is 0.0505. The molecule has 0 aliphatic heterocycles.